The molecule has 0 unspecified atom stereocenters. The van der Waals surface area contributed by atoms with Crippen molar-refractivity contribution in [2.75, 3.05) is 0 Å². The van der Waals surface area contributed by atoms with Crippen LogP contribution in [-0.2, 0) is 7.92 Å². The summed E-state index contributed by atoms with van der Waals surface area (Å²) in [5.41, 5.74) is 0. The van der Waals surface area contributed by atoms with Crippen LogP contribution in [0.3, 0.4) is 0 Å². The smallest absolute Gasteiger partial charge is 0.129 e. The zero-order valence-corrected chi connectivity index (χ0v) is 9.00. The van der Waals surface area contributed by atoms with E-state index in [1.165, 1.54) is 0 Å². The average Bonchev–Trinajstić information content (AvgIpc) is 1.39. The van der Waals surface area contributed by atoms with E-state index in [0.29, 0.717) is 0 Å². The molecule has 0 radical (unpaired) electrons. The van der Waals surface area contributed by atoms with Crippen molar-refractivity contribution in [3.8, 4) is 0 Å². The van der Waals surface area contributed by atoms with Gasteiger partial charge in [-0.3, -0.25) is 0 Å². The normalized spacial score (nSPS) is 5.33. The van der Waals surface area contributed by atoms with Gasteiger partial charge in [-0.1, -0.05) is 0 Å². The summed E-state index contributed by atoms with van der Waals surface area (Å²) >= 11 is -1.50. The molecule has 0 heterocycles. The maximum atomic E-state index is 8.57. The Morgan fingerprint density at radius 3 is 1.67 bits per heavy atom. The van der Waals surface area contributed by atoms with Gasteiger partial charge in [-0.25, -0.2) is 0 Å². The Kier molecular flexibility index (Phi) is 28.8. The molecule has 0 aromatic rings. The zero-order valence-electron chi connectivity index (χ0n) is 3.84. The standard InChI is InChI=1S/Al.H6OSi2.H2O.O/c;2-1-3;;/h;2-3H3;1H2;/q+1;;;/p-1. The molecule has 0 spiro atoms. The summed E-state index contributed by atoms with van der Waals surface area (Å²) in [6, 6.07) is 0. The first kappa shape index (κ1) is 9.73. The van der Waals surface area contributed by atoms with E-state index in [-0.39, 0.29) is 0 Å². The molecule has 0 saturated carbocycles. The van der Waals surface area contributed by atoms with Crippen molar-refractivity contribution < 1.29 is 12.1 Å². The molecule has 36 valence electrons. The molecule has 0 aromatic carbocycles. The van der Waals surface area contributed by atoms with Crippen molar-refractivity contribution in [1.29, 1.82) is 0 Å². The maximum Gasteiger partial charge on any atom is 0.129 e. The van der Waals surface area contributed by atoms with Gasteiger partial charge in [-0.2, -0.15) is 0 Å². The number of hydrogen-bond acceptors (Lipinski definition) is 2. The Morgan fingerprint density at radius 2 is 1.67 bits per heavy atom. The molecule has 6 heteroatoms. The fraction of sp³-hybridized carbons (Fsp3) is 0. The van der Waals surface area contributed by atoms with Crippen molar-refractivity contribution >= 4 is 36.5 Å². The summed E-state index contributed by atoms with van der Waals surface area (Å²) in [6.07, 6.45) is 0. The van der Waals surface area contributed by atoms with E-state index in [1.807, 2.05) is 0 Å². The fourth-order valence-electron chi connectivity index (χ4n) is 0. The monoisotopic (exact) mass is 138 g/mol. The van der Waals surface area contributed by atoms with Gasteiger partial charge in [0.2, 0.25) is 0 Å². The van der Waals surface area contributed by atoms with Crippen LogP contribution in [0.5, 0.6) is 0 Å². The van der Waals surface area contributed by atoms with Gasteiger partial charge in [0.15, 0.2) is 0 Å². The van der Waals surface area contributed by atoms with Crippen molar-refractivity contribution in [1.82, 2.24) is 0 Å². The second kappa shape index (κ2) is 17.7. The van der Waals surface area contributed by atoms with Crippen LogP contribution in [0.15, 0.2) is 0 Å². The summed E-state index contributed by atoms with van der Waals surface area (Å²) < 4.78 is 20.2. The van der Waals surface area contributed by atoms with Crippen molar-refractivity contribution in [2.24, 2.45) is 0 Å². The summed E-state index contributed by atoms with van der Waals surface area (Å²) in [5.74, 6) is 0. The molecule has 0 amide bonds. The molecule has 0 saturated heterocycles. The average molecular weight is 138 g/mol. The first-order chi connectivity index (χ1) is 2.83. The zero-order chi connectivity index (χ0) is 5.41. The van der Waals surface area contributed by atoms with Gasteiger partial charge in [0, 0.05) is 0 Å². The van der Waals surface area contributed by atoms with E-state index in [2.05, 4.69) is 4.12 Å². The van der Waals surface area contributed by atoms with Gasteiger partial charge in [-0.15, -0.1) is 0 Å². The summed E-state index contributed by atoms with van der Waals surface area (Å²) in [5, 5.41) is 0. The molecule has 0 bridgehead atoms. The van der Waals surface area contributed by atoms with E-state index in [9.17, 15) is 0 Å². The van der Waals surface area contributed by atoms with Crippen LogP contribution in [0.25, 0.3) is 0 Å². The molecule has 0 rings (SSSR count). The molecular weight excluding hydrogens is 131 g/mol. The molecular formula is H7AlO3Si2. The third-order valence-corrected chi connectivity index (χ3v) is 0. The van der Waals surface area contributed by atoms with E-state index in [0.717, 1.165) is 21.0 Å². The van der Waals surface area contributed by atoms with Crippen molar-refractivity contribution in [2.45, 2.75) is 0 Å². The van der Waals surface area contributed by atoms with Crippen LogP contribution < -0.4 is 0 Å². The van der Waals surface area contributed by atoms with Crippen LogP contribution >= 0.6 is 0 Å². The minimum Gasteiger partial charge on any atom is -0.471 e. The predicted octanol–water partition coefficient (Wildman–Crippen LogP) is -3.49. The summed E-state index contributed by atoms with van der Waals surface area (Å²) in [4.78, 5) is 0. The molecule has 3 nitrogen and oxygen atoms in total. The Labute approximate surface area is 49.0 Å². The Balaban J connectivity index is 0. The third kappa shape index (κ3) is 203. The molecule has 0 aliphatic rings. The van der Waals surface area contributed by atoms with Crippen LogP contribution in [-0.4, -0.2) is 40.6 Å². The van der Waals surface area contributed by atoms with Gasteiger partial charge in [0.25, 0.3) is 0 Å². The van der Waals surface area contributed by atoms with E-state index in [4.69, 9.17) is 7.96 Å². The van der Waals surface area contributed by atoms with E-state index in [1.54, 1.807) is 0 Å². The molecule has 0 aliphatic carbocycles. The van der Waals surface area contributed by atoms with Crippen molar-refractivity contribution in [3.05, 3.63) is 0 Å². The minimum atomic E-state index is -1.50. The molecule has 1 N–H and O–H groups in total. The topological polar surface area (TPSA) is 46.5 Å². The Bertz CT molecular complexity index is 22.8. The Hall–Kier alpha value is 0.526. The maximum absolute atomic E-state index is 8.57. The number of rotatable bonds is 0. The van der Waals surface area contributed by atoms with Gasteiger partial charge in [-0.05, 0) is 0 Å². The first-order valence-electron chi connectivity index (χ1n) is 1.31. The predicted molar refractivity (Wildman–Crippen MR) is 29.6 cm³/mol. The van der Waals surface area contributed by atoms with Gasteiger partial charge in [0.05, 0.1) is 0 Å². The Morgan fingerprint density at radius 1 is 1.67 bits per heavy atom. The SMILES string of the molecule is [O]=[Al][OH].[SiH3]O[SiH3]. The largest absolute Gasteiger partial charge is 0.471 e. The molecule has 0 fully saturated rings. The molecule has 0 aromatic heterocycles. The fourth-order valence-corrected chi connectivity index (χ4v) is 0. The first-order valence-corrected chi connectivity index (χ1v) is 3.93. The van der Waals surface area contributed by atoms with Crippen LogP contribution in [0.2, 0.25) is 0 Å². The molecule has 0 atom stereocenters. The second-order valence-corrected chi connectivity index (χ2v) is 3.99. The van der Waals surface area contributed by atoms with Crippen LogP contribution in [0.1, 0.15) is 0 Å². The van der Waals surface area contributed by atoms with E-state index < -0.39 is 15.5 Å². The molecule has 0 aliphatic heterocycles. The van der Waals surface area contributed by atoms with Crippen molar-refractivity contribution in [3.63, 3.8) is 0 Å². The quantitative estimate of drug-likeness (QED) is 0.353. The van der Waals surface area contributed by atoms with Gasteiger partial charge >= 0.3 is 23.4 Å². The third-order valence-electron chi connectivity index (χ3n) is 0. The summed E-state index contributed by atoms with van der Waals surface area (Å²) in [6.45, 7) is 0. The van der Waals surface area contributed by atoms with Gasteiger partial charge < -0.3 is 4.12 Å². The summed E-state index contributed by atoms with van der Waals surface area (Å²) in [7, 11) is 1.86. The number of hydrogen-bond donors (Lipinski definition) is 1. The molecule has 6 heavy (non-hydrogen) atoms. The second-order valence-electron chi connectivity index (χ2n) is 0.514. The van der Waals surface area contributed by atoms with Crippen LogP contribution in [0.4, 0.5) is 0 Å². The minimum absolute atomic E-state index is 0.931. The van der Waals surface area contributed by atoms with E-state index >= 15 is 0 Å². The van der Waals surface area contributed by atoms with Gasteiger partial charge in [0.1, 0.15) is 21.0 Å². The van der Waals surface area contributed by atoms with Crippen LogP contribution in [0, 0.1) is 0 Å².